The quantitative estimate of drug-likeness (QED) is 0.722. The number of hydrogen-bond acceptors (Lipinski definition) is 1. The van der Waals surface area contributed by atoms with E-state index >= 15 is 0 Å². The van der Waals surface area contributed by atoms with E-state index in [2.05, 4.69) is 37.4 Å². The molecule has 20 heavy (non-hydrogen) atoms. The van der Waals surface area contributed by atoms with Gasteiger partial charge >= 0.3 is 0 Å². The first kappa shape index (κ1) is 15.4. The summed E-state index contributed by atoms with van der Waals surface area (Å²) in [6.45, 7) is 6.26. The van der Waals surface area contributed by atoms with Crippen LogP contribution in [0.25, 0.3) is 11.1 Å². The standard InChI is InChI=1S/C17H19Cl2N/c1-3-8-20-11-13-4-6-15(12(2)9-13)14-5-7-16(18)17(19)10-14/h4-7,9-10,20H,3,8,11H2,1-2H3. The van der Waals surface area contributed by atoms with E-state index in [9.17, 15) is 0 Å². The Bertz CT molecular complexity index is 594. The third kappa shape index (κ3) is 3.76. The summed E-state index contributed by atoms with van der Waals surface area (Å²) in [6, 6.07) is 12.3. The van der Waals surface area contributed by atoms with E-state index in [1.54, 1.807) is 0 Å². The van der Waals surface area contributed by atoms with Gasteiger partial charge in [0.1, 0.15) is 0 Å². The van der Waals surface area contributed by atoms with Crippen LogP contribution in [0, 0.1) is 6.92 Å². The number of halogens is 2. The van der Waals surface area contributed by atoms with Gasteiger partial charge in [-0.1, -0.05) is 54.4 Å². The van der Waals surface area contributed by atoms with Gasteiger partial charge in [-0.15, -0.1) is 0 Å². The second-order valence-electron chi connectivity index (χ2n) is 4.95. The van der Waals surface area contributed by atoms with Crippen molar-refractivity contribution >= 4 is 23.2 Å². The van der Waals surface area contributed by atoms with Gasteiger partial charge < -0.3 is 5.32 Å². The zero-order chi connectivity index (χ0) is 14.5. The van der Waals surface area contributed by atoms with Crippen LogP contribution < -0.4 is 5.32 Å². The predicted molar refractivity (Wildman–Crippen MR) is 88.6 cm³/mol. The first-order valence-corrected chi connectivity index (χ1v) is 7.63. The van der Waals surface area contributed by atoms with E-state index in [1.165, 1.54) is 16.7 Å². The van der Waals surface area contributed by atoms with Crippen LogP contribution in [0.15, 0.2) is 36.4 Å². The summed E-state index contributed by atoms with van der Waals surface area (Å²) in [5, 5.41) is 4.60. The van der Waals surface area contributed by atoms with Crippen molar-refractivity contribution in [3.05, 3.63) is 57.6 Å². The number of nitrogens with one attached hydrogen (secondary N) is 1. The van der Waals surface area contributed by atoms with Crippen molar-refractivity contribution in [2.45, 2.75) is 26.8 Å². The molecule has 0 spiro atoms. The Morgan fingerprint density at radius 2 is 1.80 bits per heavy atom. The monoisotopic (exact) mass is 307 g/mol. The molecule has 106 valence electrons. The predicted octanol–water partition coefficient (Wildman–Crippen LogP) is 5.47. The minimum absolute atomic E-state index is 0.591. The molecular weight excluding hydrogens is 289 g/mol. The molecule has 0 aliphatic heterocycles. The maximum atomic E-state index is 6.09. The van der Waals surface area contributed by atoms with Gasteiger partial charge in [-0.25, -0.2) is 0 Å². The molecule has 1 N–H and O–H groups in total. The van der Waals surface area contributed by atoms with Gasteiger partial charge in [0, 0.05) is 6.54 Å². The Hall–Kier alpha value is -1.02. The van der Waals surface area contributed by atoms with E-state index in [0.29, 0.717) is 10.0 Å². The molecule has 2 aromatic carbocycles. The van der Waals surface area contributed by atoms with Crippen LogP contribution in [0.1, 0.15) is 24.5 Å². The molecule has 0 heterocycles. The van der Waals surface area contributed by atoms with Crippen LogP contribution in [0.5, 0.6) is 0 Å². The van der Waals surface area contributed by atoms with Crippen LogP contribution in [0.2, 0.25) is 10.0 Å². The maximum Gasteiger partial charge on any atom is 0.0598 e. The lowest BCUT2D eigenvalue weighted by Crippen LogP contribution is -2.13. The third-order valence-electron chi connectivity index (χ3n) is 3.28. The molecule has 0 bridgehead atoms. The van der Waals surface area contributed by atoms with Crippen molar-refractivity contribution in [3.63, 3.8) is 0 Å². The second kappa shape index (κ2) is 7.12. The van der Waals surface area contributed by atoms with E-state index in [0.717, 1.165) is 25.1 Å². The highest BCUT2D eigenvalue weighted by atomic mass is 35.5. The highest BCUT2D eigenvalue weighted by Crippen LogP contribution is 2.30. The lowest BCUT2D eigenvalue weighted by Gasteiger charge is -2.10. The Morgan fingerprint density at radius 1 is 1.00 bits per heavy atom. The lowest BCUT2D eigenvalue weighted by molar-refractivity contribution is 0.675. The average Bonchev–Trinajstić information content (AvgIpc) is 2.43. The molecule has 0 aliphatic rings. The lowest BCUT2D eigenvalue weighted by atomic mass is 9.98. The van der Waals surface area contributed by atoms with Crippen LogP contribution in [-0.4, -0.2) is 6.54 Å². The molecule has 0 atom stereocenters. The molecule has 0 unspecified atom stereocenters. The summed E-state index contributed by atoms with van der Waals surface area (Å²) in [6.07, 6.45) is 1.15. The largest absolute Gasteiger partial charge is 0.313 e. The zero-order valence-electron chi connectivity index (χ0n) is 11.8. The molecule has 2 aromatic rings. The normalized spacial score (nSPS) is 10.8. The van der Waals surface area contributed by atoms with E-state index in [-0.39, 0.29) is 0 Å². The molecule has 0 fully saturated rings. The number of hydrogen-bond donors (Lipinski definition) is 1. The molecule has 0 radical (unpaired) electrons. The van der Waals surface area contributed by atoms with Crippen molar-refractivity contribution in [1.29, 1.82) is 0 Å². The molecule has 0 amide bonds. The van der Waals surface area contributed by atoms with Gasteiger partial charge in [0.25, 0.3) is 0 Å². The first-order valence-electron chi connectivity index (χ1n) is 6.87. The van der Waals surface area contributed by atoms with Crippen molar-refractivity contribution in [2.75, 3.05) is 6.54 Å². The van der Waals surface area contributed by atoms with Crippen molar-refractivity contribution in [2.24, 2.45) is 0 Å². The Balaban J connectivity index is 2.22. The summed E-state index contributed by atoms with van der Waals surface area (Å²) in [4.78, 5) is 0. The molecule has 0 saturated carbocycles. The van der Waals surface area contributed by atoms with Crippen molar-refractivity contribution in [1.82, 2.24) is 5.32 Å². The average molecular weight is 308 g/mol. The third-order valence-corrected chi connectivity index (χ3v) is 4.02. The Labute approximate surface area is 130 Å². The van der Waals surface area contributed by atoms with Gasteiger partial charge in [-0.3, -0.25) is 0 Å². The Morgan fingerprint density at radius 3 is 2.45 bits per heavy atom. The number of rotatable bonds is 5. The molecule has 1 nitrogen and oxygen atoms in total. The smallest absolute Gasteiger partial charge is 0.0598 e. The molecule has 0 saturated heterocycles. The number of aryl methyl sites for hydroxylation is 1. The molecular formula is C17H19Cl2N. The summed E-state index contributed by atoms with van der Waals surface area (Å²) in [7, 11) is 0. The van der Waals surface area contributed by atoms with E-state index in [1.807, 2.05) is 18.2 Å². The van der Waals surface area contributed by atoms with Crippen LogP contribution in [0.4, 0.5) is 0 Å². The molecule has 0 aliphatic carbocycles. The van der Waals surface area contributed by atoms with Crippen LogP contribution in [-0.2, 0) is 6.54 Å². The Kier molecular flexibility index (Phi) is 5.47. The minimum Gasteiger partial charge on any atom is -0.313 e. The van der Waals surface area contributed by atoms with E-state index in [4.69, 9.17) is 23.2 Å². The van der Waals surface area contributed by atoms with Gasteiger partial charge in [0.15, 0.2) is 0 Å². The van der Waals surface area contributed by atoms with Gasteiger partial charge in [0.05, 0.1) is 10.0 Å². The minimum atomic E-state index is 0.591. The van der Waals surface area contributed by atoms with Crippen molar-refractivity contribution in [3.8, 4) is 11.1 Å². The SMILES string of the molecule is CCCNCc1ccc(-c2ccc(Cl)c(Cl)c2)c(C)c1. The fraction of sp³-hybridized carbons (Fsp3) is 0.294. The summed E-state index contributed by atoms with van der Waals surface area (Å²) >= 11 is 12.1. The van der Waals surface area contributed by atoms with Gasteiger partial charge in [0.2, 0.25) is 0 Å². The highest BCUT2D eigenvalue weighted by Gasteiger charge is 2.05. The summed E-state index contributed by atoms with van der Waals surface area (Å²) in [5.41, 5.74) is 4.85. The molecule has 2 rings (SSSR count). The fourth-order valence-electron chi connectivity index (χ4n) is 2.23. The zero-order valence-corrected chi connectivity index (χ0v) is 13.4. The van der Waals surface area contributed by atoms with Gasteiger partial charge in [-0.05, 0) is 54.3 Å². The topological polar surface area (TPSA) is 12.0 Å². The van der Waals surface area contributed by atoms with Crippen molar-refractivity contribution < 1.29 is 0 Å². The van der Waals surface area contributed by atoms with Gasteiger partial charge in [-0.2, -0.15) is 0 Å². The second-order valence-corrected chi connectivity index (χ2v) is 5.77. The highest BCUT2D eigenvalue weighted by molar-refractivity contribution is 6.42. The van der Waals surface area contributed by atoms with Crippen LogP contribution >= 0.6 is 23.2 Å². The first-order chi connectivity index (χ1) is 9.61. The maximum absolute atomic E-state index is 6.09. The summed E-state index contributed by atoms with van der Waals surface area (Å²) < 4.78 is 0. The summed E-state index contributed by atoms with van der Waals surface area (Å²) in [5.74, 6) is 0. The van der Waals surface area contributed by atoms with Crippen LogP contribution in [0.3, 0.4) is 0 Å². The van der Waals surface area contributed by atoms with E-state index < -0.39 is 0 Å². The fourth-order valence-corrected chi connectivity index (χ4v) is 2.53. The number of benzene rings is 2. The molecule has 0 aromatic heterocycles. The molecule has 3 heteroatoms.